The summed E-state index contributed by atoms with van der Waals surface area (Å²) in [7, 11) is 0. The van der Waals surface area contributed by atoms with E-state index in [0.29, 0.717) is 33.2 Å². The van der Waals surface area contributed by atoms with Crippen molar-refractivity contribution in [1.29, 1.82) is 0 Å². The lowest BCUT2D eigenvalue weighted by molar-refractivity contribution is -0.120. The monoisotopic (exact) mass is 462 g/mol. The van der Waals surface area contributed by atoms with Gasteiger partial charge >= 0.3 is 0 Å². The van der Waals surface area contributed by atoms with E-state index >= 15 is 0 Å². The summed E-state index contributed by atoms with van der Waals surface area (Å²) < 4.78 is 11.4. The number of carbonyl (C=O) groups excluding carboxylic acids is 1. The SMILES string of the molecule is O=C(COc1ccccc1)N(C[C@H]1CCCO1)c1nc(-c2ccc(Cl)cc2Cl)cs1. The van der Waals surface area contributed by atoms with Crippen molar-refractivity contribution in [2.24, 2.45) is 0 Å². The first-order valence-corrected chi connectivity index (χ1v) is 11.2. The summed E-state index contributed by atoms with van der Waals surface area (Å²) in [4.78, 5) is 19.4. The minimum Gasteiger partial charge on any atom is -0.484 e. The van der Waals surface area contributed by atoms with Crippen LogP contribution in [0.25, 0.3) is 11.3 Å². The van der Waals surface area contributed by atoms with E-state index in [0.717, 1.165) is 25.0 Å². The molecule has 1 aliphatic heterocycles. The summed E-state index contributed by atoms with van der Waals surface area (Å²) in [6.07, 6.45) is 1.92. The summed E-state index contributed by atoms with van der Waals surface area (Å²) in [6.45, 7) is 1.09. The molecule has 0 spiro atoms. The third-order valence-corrected chi connectivity index (χ3v) is 6.16. The van der Waals surface area contributed by atoms with Gasteiger partial charge < -0.3 is 9.47 Å². The summed E-state index contributed by atoms with van der Waals surface area (Å²) in [6, 6.07) is 14.6. The molecule has 0 bridgehead atoms. The number of thiazole rings is 1. The molecule has 156 valence electrons. The van der Waals surface area contributed by atoms with Gasteiger partial charge in [-0.15, -0.1) is 11.3 Å². The highest BCUT2D eigenvalue weighted by Gasteiger charge is 2.26. The summed E-state index contributed by atoms with van der Waals surface area (Å²) in [5, 5.41) is 3.56. The van der Waals surface area contributed by atoms with Crippen molar-refractivity contribution in [3.8, 4) is 17.0 Å². The smallest absolute Gasteiger partial charge is 0.266 e. The molecule has 0 unspecified atom stereocenters. The van der Waals surface area contributed by atoms with Crippen molar-refractivity contribution in [2.75, 3.05) is 24.7 Å². The van der Waals surface area contributed by atoms with Crippen molar-refractivity contribution in [1.82, 2.24) is 4.98 Å². The van der Waals surface area contributed by atoms with E-state index in [2.05, 4.69) is 4.98 Å². The molecule has 1 amide bonds. The Bertz CT molecular complexity index is 1010. The van der Waals surface area contributed by atoms with E-state index in [4.69, 9.17) is 32.7 Å². The molecular weight excluding hydrogens is 443 g/mol. The second-order valence-electron chi connectivity index (χ2n) is 6.88. The van der Waals surface area contributed by atoms with Gasteiger partial charge in [-0.2, -0.15) is 0 Å². The lowest BCUT2D eigenvalue weighted by Crippen LogP contribution is -2.40. The maximum Gasteiger partial charge on any atom is 0.266 e. The van der Waals surface area contributed by atoms with Gasteiger partial charge in [0.2, 0.25) is 0 Å². The van der Waals surface area contributed by atoms with E-state index in [1.165, 1.54) is 11.3 Å². The Balaban J connectivity index is 1.54. The van der Waals surface area contributed by atoms with Crippen LogP contribution in [0.5, 0.6) is 5.75 Å². The molecular formula is C22H20Cl2N2O3S. The maximum absolute atomic E-state index is 13.0. The van der Waals surface area contributed by atoms with Crippen molar-refractivity contribution in [3.05, 3.63) is 64.0 Å². The number of amides is 1. The Kier molecular flexibility index (Phi) is 6.89. The van der Waals surface area contributed by atoms with Crippen LogP contribution in [0.2, 0.25) is 10.0 Å². The van der Waals surface area contributed by atoms with E-state index in [-0.39, 0.29) is 18.6 Å². The van der Waals surface area contributed by atoms with Crippen molar-refractivity contribution in [2.45, 2.75) is 18.9 Å². The van der Waals surface area contributed by atoms with Crippen LogP contribution in [-0.2, 0) is 9.53 Å². The molecule has 2 aromatic carbocycles. The van der Waals surface area contributed by atoms with E-state index < -0.39 is 0 Å². The Morgan fingerprint density at radius 2 is 2.07 bits per heavy atom. The number of benzene rings is 2. The molecule has 1 saturated heterocycles. The zero-order chi connectivity index (χ0) is 20.9. The van der Waals surface area contributed by atoms with Gasteiger partial charge in [0.05, 0.1) is 23.4 Å². The molecule has 5 nitrogen and oxygen atoms in total. The van der Waals surface area contributed by atoms with Crippen molar-refractivity contribution < 1.29 is 14.3 Å². The average molecular weight is 463 g/mol. The first-order chi connectivity index (χ1) is 14.6. The number of nitrogens with zero attached hydrogens (tertiary/aromatic N) is 2. The number of ether oxygens (including phenoxy) is 2. The molecule has 1 fully saturated rings. The van der Waals surface area contributed by atoms with Crippen LogP contribution in [-0.4, -0.2) is 36.8 Å². The van der Waals surface area contributed by atoms with E-state index in [9.17, 15) is 4.79 Å². The highest BCUT2D eigenvalue weighted by Crippen LogP contribution is 2.34. The van der Waals surface area contributed by atoms with Crippen LogP contribution < -0.4 is 9.64 Å². The predicted octanol–water partition coefficient (Wildman–Crippen LogP) is 5.71. The fourth-order valence-corrected chi connectivity index (χ4v) is 4.58. The molecule has 2 heterocycles. The fourth-order valence-electron chi connectivity index (χ4n) is 3.23. The number of hydrogen-bond donors (Lipinski definition) is 0. The first-order valence-electron chi connectivity index (χ1n) is 9.61. The number of halogens is 2. The minimum atomic E-state index is -0.169. The zero-order valence-electron chi connectivity index (χ0n) is 16.1. The molecule has 8 heteroatoms. The van der Waals surface area contributed by atoms with Gasteiger partial charge in [0.15, 0.2) is 11.7 Å². The number of hydrogen-bond acceptors (Lipinski definition) is 5. The van der Waals surface area contributed by atoms with Crippen LogP contribution in [0.3, 0.4) is 0 Å². The number of aromatic nitrogens is 1. The molecule has 0 aliphatic carbocycles. The Hall–Kier alpha value is -2.12. The number of para-hydroxylation sites is 1. The summed E-state index contributed by atoms with van der Waals surface area (Å²) in [5.74, 6) is 0.480. The van der Waals surface area contributed by atoms with Crippen LogP contribution in [0, 0.1) is 0 Å². The van der Waals surface area contributed by atoms with Crippen molar-refractivity contribution >= 4 is 45.6 Å². The fraction of sp³-hybridized carbons (Fsp3) is 0.273. The molecule has 1 atom stereocenters. The molecule has 3 aromatic rings. The molecule has 1 aromatic heterocycles. The first kappa shape index (κ1) is 21.1. The molecule has 1 aliphatic rings. The quantitative estimate of drug-likeness (QED) is 0.451. The number of anilines is 1. The average Bonchev–Trinajstić information content (AvgIpc) is 3.43. The summed E-state index contributed by atoms with van der Waals surface area (Å²) >= 11 is 13.7. The number of carbonyl (C=O) groups is 1. The van der Waals surface area contributed by atoms with Gasteiger partial charge in [-0.1, -0.05) is 41.4 Å². The Morgan fingerprint density at radius 1 is 1.23 bits per heavy atom. The Labute approximate surface area is 189 Å². The summed E-state index contributed by atoms with van der Waals surface area (Å²) in [5.41, 5.74) is 1.47. The van der Waals surface area contributed by atoms with Crippen molar-refractivity contribution in [3.63, 3.8) is 0 Å². The zero-order valence-corrected chi connectivity index (χ0v) is 18.4. The third kappa shape index (κ3) is 5.13. The topological polar surface area (TPSA) is 51.7 Å². The van der Waals surface area contributed by atoms with Gasteiger partial charge in [-0.05, 0) is 43.2 Å². The van der Waals surface area contributed by atoms with Gasteiger partial charge in [0, 0.05) is 22.6 Å². The van der Waals surface area contributed by atoms with Gasteiger partial charge in [0.1, 0.15) is 5.75 Å². The standard InChI is InChI=1S/C22H20Cl2N2O3S/c23-15-8-9-18(19(24)11-15)20-14-30-22(25-20)26(12-17-7-4-10-28-17)21(27)13-29-16-5-2-1-3-6-16/h1-3,5-6,8-9,11,14,17H,4,7,10,12-13H2/t17-/m1/s1. The van der Waals surface area contributed by atoms with Crippen LogP contribution in [0.1, 0.15) is 12.8 Å². The minimum absolute atomic E-state index is 0.00264. The molecule has 0 radical (unpaired) electrons. The normalized spacial score (nSPS) is 15.9. The van der Waals surface area contributed by atoms with Crippen LogP contribution >= 0.6 is 34.5 Å². The van der Waals surface area contributed by atoms with Crippen LogP contribution in [0.4, 0.5) is 5.13 Å². The Morgan fingerprint density at radius 3 is 2.80 bits per heavy atom. The lowest BCUT2D eigenvalue weighted by atomic mass is 10.2. The van der Waals surface area contributed by atoms with Gasteiger partial charge in [-0.3, -0.25) is 9.69 Å². The second kappa shape index (κ2) is 9.79. The molecule has 30 heavy (non-hydrogen) atoms. The molecule has 0 N–H and O–H groups in total. The van der Waals surface area contributed by atoms with E-state index in [1.807, 2.05) is 41.8 Å². The lowest BCUT2D eigenvalue weighted by Gasteiger charge is -2.23. The van der Waals surface area contributed by atoms with Crippen LogP contribution in [0.15, 0.2) is 53.9 Å². The van der Waals surface area contributed by atoms with E-state index in [1.54, 1.807) is 17.0 Å². The van der Waals surface area contributed by atoms with Gasteiger partial charge in [-0.25, -0.2) is 4.98 Å². The molecule has 0 saturated carbocycles. The second-order valence-corrected chi connectivity index (χ2v) is 8.56. The maximum atomic E-state index is 13.0. The largest absolute Gasteiger partial charge is 0.484 e. The molecule has 4 rings (SSSR count). The highest BCUT2D eigenvalue weighted by molar-refractivity contribution is 7.14. The third-order valence-electron chi connectivity index (χ3n) is 4.75. The predicted molar refractivity (Wildman–Crippen MR) is 121 cm³/mol. The highest BCUT2D eigenvalue weighted by atomic mass is 35.5. The van der Waals surface area contributed by atoms with Gasteiger partial charge in [0.25, 0.3) is 5.91 Å². The number of rotatable bonds is 7.